The molecule has 1 fully saturated rings. The van der Waals surface area contributed by atoms with Gasteiger partial charge in [0.05, 0.1) is 12.5 Å². The summed E-state index contributed by atoms with van der Waals surface area (Å²) in [6, 6.07) is 18.8. The number of halogens is 1. The first-order chi connectivity index (χ1) is 12.2. The molecule has 3 heteroatoms. The van der Waals surface area contributed by atoms with Gasteiger partial charge in [-0.05, 0) is 42.0 Å². The maximum atomic E-state index is 14.5. The summed E-state index contributed by atoms with van der Waals surface area (Å²) in [6.07, 6.45) is 5.74. The molecule has 2 aromatic carbocycles. The number of hydrogen-bond donors (Lipinski definition) is 0. The summed E-state index contributed by atoms with van der Waals surface area (Å²) < 4.78 is 14.5. The van der Waals surface area contributed by atoms with Crippen molar-refractivity contribution >= 4 is 5.57 Å². The molecule has 2 aromatic rings. The lowest BCUT2D eigenvalue weighted by molar-refractivity contribution is 0.203. The zero-order chi connectivity index (χ0) is 17.2. The first-order valence-corrected chi connectivity index (χ1v) is 8.90. The van der Waals surface area contributed by atoms with Crippen molar-refractivity contribution in [2.45, 2.75) is 44.3 Å². The number of hydrogen-bond acceptors (Lipinski definition) is 2. The van der Waals surface area contributed by atoms with Gasteiger partial charge in [-0.1, -0.05) is 48.5 Å². The van der Waals surface area contributed by atoms with Crippen LogP contribution in [0.5, 0.6) is 0 Å². The Bertz CT molecular complexity index is 835. The van der Waals surface area contributed by atoms with E-state index < -0.39 is 0 Å². The van der Waals surface area contributed by atoms with Gasteiger partial charge in [-0.15, -0.1) is 0 Å². The van der Waals surface area contributed by atoms with Crippen LogP contribution in [0.1, 0.15) is 36.0 Å². The molecule has 2 bridgehead atoms. The van der Waals surface area contributed by atoms with Crippen LogP contribution in [0.3, 0.4) is 0 Å². The topological polar surface area (TPSA) is 27.0 Å². The molecule has 126 valence electrons. The highest BCUT2D eigenvalue weighted by Gasteiger charge is 2.36. The molecule has 0 aromatic heterocycles. The second-order valence-electron chi connectivity index (χ2n) is 7.00. The van der Waals surface area contributed by atoms with Gasteiger partial charge >= 0.3 is 0 Å². The summed E-state index contributed by atoms with van der Waals surface area (Å²) in [5.41, 5.74) is 3.91. The Kier molecular flexibility index (Phi) is 4.38. The van der Waals surface area contributed by atoms with Gasteiger partial charge in [0.1, 0.15) is 5.82 Å². The molecule has 0 spiro atoms. The molecule has 0 amide bonds. The van der Waals surface area contributed by atoms with E-state index in [1.54, 1.807) is 0 Å². The monoisotopic (exact) mass is 332 g/mol. The predicted molar refractivity (Wildman–Crippen MR) is 97.1 cm³/mol. The summed E-state index contributed by atoms with van der Waals surface area (Å²) in [4.78, 5) is 2.56. The zero-order valence-corrected chi connectivity index (χ0v) is 14.2. The summed E-state index contributed by atoms with van der Waals surface area (Å²) in [5.74, 6) is -0.199. The Hall–Kier alpha value is -2.44. The lowest BCUT2D eigenvalue weighted by Crippen LogP contribution is -2.37. The Morgan fingerprint density at radius 1 is 1.08 bits per heavy atom. The number of nitriles is 1. The van der Waals surface area contributed by atoms with E-state index in [0.29, 0.717) is 17.6 Å². The van der Waals surface area contributed by atoms with Gasteiger partial charge in [0.2, 0.25) is 0 Å². The van der Waals surface area contributed by atoms with Gasteiger partial charge in [0, 0.05) is 24.2 Å². The van der Waals surface area contributed by atoms with Crippen LogP contribution >= 0.6 is 0 Å². The SMILES string of the molecule is N#CCc1ccc(C2=CC3CCC(C2)N3Cc2ccccc2)c(F)c1. The van der Waals surface area contributed by atoms with Crippen molar-refractivity contribution in [3.8, 4) is 6.07 Å². The van der Waals surface area contributed by atoms with E-state index in [0.717, 1.165) is 30.5 Å². The van der Waals surface area contributed by atoms with Crippen molar-refractivity contribution < 1.29 is 4.39 Å². The van der Waals surface area contributed by atoms with Crippen molar-refractivity contribution in [2.24, 2.45) is 0 Å². The van der Waals surface area contributed by atoms with E-state index in [1.807, 2.05) is 18.2 Å². The maximum Gasteiger partial charge on any atom is 0.130 e. The van der Waals surface area contributed by atoms with Crippen molar-refractivity contribution in [3.63, 3.8) is 0 Å². The van der Waals surface area contributed by atoms with Crippen LogP contribution in [-0.4, -0.2) is 17.0 Å². The van der Waals surface area contributed by atoms with Crippen LogP contribution in [0.15, 0.2) is 54.6 Å². The first-order valence-electron chi connectivity index (χ1n) is 8.90. The fraction of sp³-hybridized carbons (Fsp3) is 0.318. The highest BCUT2D eigenvalue weighted by Crippen LogP contribution is 2.40. The standard InChI is InChI=1S/C22H21FN2/c23-22-12-16(10-11-24)6-9-21(22)18-13-19-7-8-20(14-18)25(19)15-17-4-2-1-3-5-17/h1-6,9,12-13,19-20H,7-8,10,14-15H2. The molecule has 2 unspecified atom stereocenters. The molecule has 0 N–H and O–H groups in total. The minimum atomic E-state index is -0.199. The third-order valence-corrected chi connectivity index (χ3v) is 5.41. The van der Waals surface area contributed by atoms with Crippen LogP contribution in [0.2, 0.25) is 0 Å². The van der Waals surface area contributed by atoms with Crippen LogP contribution in [0.4, 0.5) is 4.39 Å². The van der Waals surface area contributed by atoms with E-state index >= 15 is 0 Å². The molecule has 2 atom stereocenters. The minimum absolute atomic E-state index is 0.199. The molecule has 0 saturated carbocycles. The van der Waals surface area contributed by atoms with Gasteiger partial charge in [0.25, 0.3) is 0 Å². The largest absolute Gasteiger partial charge is 0.289 e. The molecule has 2 aliphatic rings. The normalized spacial score (nSPS) is 22.5. The summed E-state index contributed by atoms with van der Waals surface area (Å²) in [6.45, 7) is 0.962. The van der Waals surface area contributed by atoms with Gasteiger partial charge in [-0.2, -0.15) is 5.26 Å². The van der Waals surface area contributed by atoms with Gasteiger partial charge < -0.3 is 0 Å². The molecule has 4 rings (SSSR count). The molecular weight excluding hydrogens is 311 g/mol. The Balaban J connectivity index is 1.56. The lowest BCUT2D eigenvalue weighted by Gasteiger charge is -2.34. The number of fused-ring (bicyclic) bond motifs is 2. The van der Waals surface area contributed by atoms with Crippen LogP contribution in [-0.2, 0) is 13.0 Å². The molecule has 0 aliphatic carbocycles. The number of rotatable bonds is 4. The second kappa shape index (κ2) is 6.82. The molecule has 2 nitrogen and oxygen atoms in total. The highest BCUT2D eigenvalue weighted by molar-refractivity contribution is 5.69. The summed E-state index contributed by atoms with van der Waals surface area (Å²) in [7, 11) is 0. The van der Waals surface area contributed by atoms with E-state index in [9.17, 15) is 4.39 Å². The van der Waals surface area contributed by atoms with Gasteiger partial charge in [0.15, 0.2) is 0 Å². The quantitative estimate of drug-likeness (QED) is 0.810. The average molecular weight is 332 g/mol. The number of benzene rings is 2. The third-order valence-electron chi connectivity index (χ3n) is 5.41. The summed E-state index contributed by atoms with van der Waals surface area (Å²) >= 11 is 0. The Morgan fingerprint density at radius 2 is 1.92 bits per heavy atom. The fourth-order valence-corrected chi connectivity index (χ4v) is 4.18. The Morgan fingerprint density at radius 3 is 2.64 bits per heavy atom. The lowest BCUT2D eigenvalue weighted by atomic mass is 9.93. The molecule has 2 heterocycles. The number of nitrogens with zero attached hydrogens (tertiary/aromatic N) is 2. The van der Waals surface area contributed by atoms with E-state index in [2.05, 4.69) is 41.3 Å². The molecule has 1 saturated heterocycles. The summed E-state index contributed by atoms with van der Waals surface area (Å²) in [5, 5.41) is 8.77. The van der Waals surface area contributed by atoms with Crippen molar-refractivity contribution in [1.29, 1.82) is 5.26 Å². The van der Waals surface area contributed by atoms with Crippen molar-refractivity contribution in [1.82, 2.24) is 4.90 Å². The Labute approximate surface area is 148 Å². The van der Waals surface area contributed by atoms with Crippen LogP contribution < -0.4 is 0 Å². The van der Waals surface area contributed by atoms with Crippen molar-refractivity contribution in [2.75, 3.05) is 0 Å². The minimum Gasteiger partial charge on any atom is -0.289 e. The van der Waals surface area contributed by atoms with Gasteiger partial charge in [-0.3, -0.25) is 4.90 Å². The molecule has 25 heavy (non-hydrogen) atoms. The van der Waals surface area contributed by atoms with E-state index in [1.165, 1.54) is 18.1 Å². The van der Waals surface area contributed by atoms with E-state index in [-0.39, 0.29) is 12.2 Å². The first kappa shape index (κ1) is 16.1. The molecule has 2 aliphatic heterocycles. The third kappa shape index (κ3) is 3.23. The van der Waals surface area contributed by atoms with Crippen molar-refractivity contribution in [3.05, 3.63) is 77.1 Å². The second-order valence-corrected chi connectivity index (χ2v) is 7.00. The van der Waals surface area contributed by atoms with E-state index in [4.69, 9.17) is 5.26 Å². The average Bonchev–Trinajstić information content (AvgIpc) is 2.85. The predicted octanol–water partition coefficient (Wildman–Crippen LogP) is 4.71. The maximum absolute atomic E-state index is 14.5. The molecular formula is C22H21FN2. The van der Waals surface area contributed by atoms with Crippen LogP contribution in [0.25, 0.3) is 5.57 Å². The van der Waals surface area contributed by atoms with Gasteiger partial charge in [-0.25, -0.2) is 4.39 Å². The highest BCUT2D eigenvalue weighted by atomic mass is 19.1. The smallest absolute Gasteiger partial charge is 0.130 e. The molecule has 0 radical (unpaired) electrons. The zero-order valence-electron chi connectivity index (χ0n) is 14.2. The van der Waals surface area contributed by atoms with Crippen LogP contribution in [0, 0.1) is 17.1 Å². The fourth-order valence-electron chi connectivity index (χ4n) is 4.18.